The molecule has 4 heteroatoms. The summed E-state index contributed by atoms with van der Waals surface area (Å²) in [7, 11) is 0. The fraction of sp³-hybridized carbons (Fsp3) is 0.0192. The van der Waals surface area contributed by atoms with E-state index >= 15 is 0 Å². The molecule has 262 valence electrons. The van der Waals surface area contributed by atoms with Crippen LogP contribution in [0.25, 0.3) is 56.4 Å². The monoisotopic (exact) mass is 714 g/mol. The van der Waals surface area contributed by atoms with Crippen molar-refractivity contribution >= 4 is 17.1 Å². The van der Waals surface area contributed by atoms with Gasteiger partial charge in [-0.25, -0.2) is 15.0 Å². The molecular weight excluding hydrogens is 681 g/mol. The van der Waals surface area contributed by atoms with E-state index in [1.165, 1.54) is 44.6 Å². The third-order valence-corrected chi connectivity index (χ3v) is 11.3. The molecule has 1 aliphatic heterocycles. The van der Waals surface area contributed by atoms with E-state index < -0.39 is 5.41 Å². The molecule has 0 unspecified atom stereocenters. The van der Waals surface area contributed by atoms with Crippen LogP contribution in [0.1, 0.15) is 22.3 Å². The summed E-state index contributed by atoms with van der Waals surface area (Å²) in [5.41, 5.74) is 15.4. The first kappa shape index (κ1) is 32.0. The van der Waals surface area contributed by atoms with Crippen molar-refractivity contribution in [2.45, 2.75) is 5.41 Å². The molecule has 0 bridgehead atoms. The number of hydrogen-bond donors (Lipinski definition) is 0. The lowest BCUT2D eigenvalue weighted by atomic mass is 9.64. The average molecular weight is 715 g/mol. The second-order valence-electron chi connectivity index (χ2n) is 14.4. The summed E-state index contributed by atoms with van der Waals surface area (Å²) in [6.07, 6.45) is 0. The van der Waals surface area contributed by atoms with Crippen molar-refractivity contribution in [2.75, 3.05) is 4.90 Å². The standard InChI is InChI=1S/C52H34N4/c1-4-16-35(17-5-1)36-28-30-38(31-29-36)50-53-49(37-18-6-2-7-19-37)54-51(55-50)39-32-33-48-46(34-39)52(43-24-12-10-22-41(43)42-23-11-13-25-44(42)52)45-26-14-15-27-47(45)56(48)40-20-8-3-9-21-40/h1-34H. The van der Waals surface area contributed by atoms with Crippen molar-refractivity contribution in [2.24, 2.45) is 0 Å². The van der Waals surface area contributed by atoms with Crippen LogP contribution in [0.4, 0.5) is 17.1 Å². The van der Waals surface area contributed by atoms with Crippen LogP contribution in [0.2, 0.25) is 0 Å². The lowest BCUT2D eigenvalue weighted by Gasteiger charge is -2.45. The van der Waals surface area contributed by atoms with Crippen molar-refractivity contribution in [3.63, 3.8) is 0 Å². The van der Waals surface area contributed by atoms with Crippen LogP contribution in [0, 0.1) is 0 Å². The predicted molar refractivity (Wildman–Crippen MR) is 227 cm³/mol. The molecule has 0 atom stereocenters. The Kier molecular flexibility index (Phi) is 7.36. The van der Waals surface area contributed by atoms with Crippen molar-refractivity contribution in [1.82, 2.24) is 15.0 Å². The Bertz CT molecular complexity index is 2860. The number of nitrogens with zero attached hydrogens (tertiary/aromatic N) is 4. The Morgan fingerprint density at radius 1 is 0.304 bits per heavy atom. The third-order valence-electron chi connectivity index (χ3n) is 11.3. The van der Waals surface area contributed by atoms with Crippen LogP contribution >= 0.6 is 0 Å². The molecule has 2 heterocycles. The van der Waals surface area contributed by atoms with Gasteiger partial charge in [0.05, 0.1) is 16.8 Å². The van der Waals surface area contributed by atoms with Gasteiger partial charge in [0.2, 0.25) is 0 Å². The van der Waals surface area contributed by atoms with E-state index in [2.05, 4.69) is 187 Å². The molecule has 0 amide bonds. The van der Waals surface area contributed by atoms with E-state index in [4.69, 9.17) is 15.0 Å². The van der Waals surface area contributed by atoms with Crippen LogP contribution < -0.4 is 4.90 Å². The van der Waals surface area contributed by atoms with Gasteiger partial charge in [0.1, 0.15) is 0 Å². The maximum absolute atomic E-state index is 5.24. The van der Waals surface area contributed by atoms with Gasteiger partial charge >= 0.3 is 0 Å². The molecule has 0 fully saturated rings. The Balaban J connectivity index is 1.17. The molecule has 11 rings (SSSR count). The SMILES string of the molecule is c1ccc(-c2ccc(-c3nc(-c4ccccc4)nc(-c4ccc5c(c4)C4(c6ccccc6-c6ccccc64)c4ccccc4N5c4ccccc4)n3)cc2)cc1. The Morgan fingerprint density at radius 2 is 0.714 bits per heavy atom. The first-order valence-electron chi connectivity index (χ1n) is 19.0. The molecule has 0 N–H and O–H groups in total. The summed E-state index contributed by atoms with van der Waals surface area (Å²) in [6, 6.07) is 73.3. The maximum Gasteiger partial charge on any atom is 0.164 e. The van der Waals surface area contributed by atoms with E-state index in [1.807, 2.05) is 24.3 Å². The number of benzene rings is 8. The highest BCUT2D eigenvalue weighted by Gasteiger charge is 2.51. The quantitative estimate of drug-likeness (QED) is 0.178. The van der Waals surface area contributed by atoms with Crippen molar-refractivity contribution in [3.05, 3.63) is 229 Å². The van der Waals surface area contributed by atoms with E-state index in [-0.39, 0.29) is 0 Å². The zero-order valence-corrected chi connectivity index (χ0v) is 30.4. The lowest BCUT2D eigenvalue weighted by molar-refractivity contribution is 0.753. The number of rotatable bonds is 5. The second-order valence-corrected chi connectivity index (χ2v) is 14.4. The van der Waals surface area contributed by atoms with Crippen molar-refractivity contribution in [3.8, 4) is 56.4 Å². The van der Waals surface area contributed by atoms with E-state index in [0.29, 0.717) is 17.5 Å². The zero-order valence-electron chi connectivity index (χ0n) is 30.4. The van der Waals surface area contributed by atoms with Gasteiger partial charge in [0.15, 0.2) is 17.5 Å². The second kappa shape index (κ2) is 12.9. The molecule has 1 spiro atoms. The smallest absolute Gasteiger partial charge is 0.164 e. The Hall–Kier alpha value is -7.43. The Labute approximate surface area is 326 Å². The molecule has 1 aliphatic carbocycles. The molecule has 4 nitrogen and oxygen atoms in total. The van der Waals surface area contributed by atoms with Gasteiger partial charge in [-0.1, -0.05) is 170 Å². The van der Waals surface area contributed by atoms with Gasteiger partial charge in [-0.15, -0.1) is 0 Å². The average Bonchev–Trinajstić information content (AvgIpc) is 3.58. The highest BCUT2D eigenvalue weighted by Crippen LogP contribution is 2.63. The number of fused-ring (bicyclic) bond motifs is 9. The van der Waals surface area contributed by atoms with Crippen LogP contribution in [-0.4, -0.2) is 15.0 Å². The minimum absolute atomic E-state index is 0.578. The van der Waals surface area contributed by atoms with Crippen molar-refractivity contribution < 1.29 is 0 Å². The highest BCUT2D eigenvalue weighted by atomic mass is 15.2. The van der Waals surface area contributed by atoms with Gasteiger partial charge in [0.25, 0.3) is 0 Å². The summed E-state index contributed by atoms with van der Waals surface area (Å²) in [5.74, 6) is 1.90. The van der Waals surface area contributed by atoms with E-state index in [1.54, 1.807) is 0 Å². The largest absolute Gasteiger partial charge is 0.310 e. The summed E-state index contributed by atoms with van der Waals surface area (Å²) < 4.78 is 0. The first-order valence-corrected chi connectivity index (χ1v) is 19.0. The molecule has 9 aromatic rings. The minimum Gasteiger partial charge on any atom is -0.310 e. The molecule has 0 saturated heterocycles. The number of anilines is 3. The lowest BCUT2D eigenvalue weighted by Crippen LogP contribution is -2.36. The molecular formula is C52H34N4. The zero-order chi connectivity index (χ0) is 37.1. The number of aromatic nitrogens is 3. The van der Waals surface area contributed by atoms with Crippen LogP contribution in [0.3, 0.4) is 0 Å². The number of hydrogen-bond acceptors (Lipinski definition) is 4. The summed E-state index contributed by atoms with van der Waals surface area (Å²) in [6.45, 7) is 0. The molecule has 1 aromatic heterocycles. The van der Waals surface area contributed by atoms with Gasteiger partial charge in [0, 0.05) is 22.4 Å². The minimum atomic E-state index is -0.578. The van der Waals surface area contributed by atoms with Gasteiger partial charge < -0.3 is 4.90 Å². The molecule has 8 aromatic carbocycles. The molecule has 56 heavy (non-hydrogen) atoms. The maximum atomic E-state index is 5.24. The Morgan fingerprint density at radius 3 is 1.34 bits per heavy atom. The highest BCUT2D eigenvalue weighted by molar-refractivity contribution is 5.96. The van der Waals surface area contributed by atoms with E-state index in [0.717, 1.165) is 33.6 Å². The topological polar surface area (TPSA) is 41.9 Å². The molecule has 0 radical (unpaired) electrons. The summed E-state index contributed by atoms with van der Waals surface area (Å²) in [4.78, 5) is 17.9. The van der Waals surface area contributed by atoms with E-state index in [9.17, 15) is 0 Å². The number of para-hydroxylation sites is 2. The third kappa shape index (κ3) is 4.89. The predicted octanol–water partition coefficient (Wildman–Crippen LogP) is 12.7. The van der Waals surface area contributed by atoms with Gasteiger partial charge in [-0.2, -0.15) is 0 Å². The first-order chi connectivity index (χ1) is 27.8. The van der Waals surface area contributed by atoms with Crippen LogP contribution in [0.15, 0.2) is 206 Å². The normalized spacial score (nSPS) is 13.1. The summed E-state index contributed by atoms with van der Waals surface area (Å²) >= 11 is 0. The van der Waals surface area contributed by atoms with Gasteiger partial charge in [-0.3, -0.25) is 0 Å². The molecule has 0 saturated carbocycles. The fourth-order valence-corrected chi connectivity index (χ4v) is 8.89. The summed E-state index contributed by atoms with van der Waals surface area (Å²) in [5, 5.41) is 0. The molecule has 2 aliphatic rings. The van der Waals surface area contributed by atoms with Crippen LogP contribution in [-0.2, 0) is 5.41 Å². The fourth-order valence-electron chi connectivity index (χ4n) is 8.89. The van der Waals surface area contributed by atoms with Gasteiger partial charge in [-0.05, 0) is 80.9 Å². The van der Waals surface area contributed by atoms with Crippen LogP contribution in [0.5, 0.6) is 0 Å². The van der Waals surface area contributed by atoms with Crippen molar-refractivity contribution in [1.29, 1.82) is 0 Å².